The first kappa shape index (κ1) is 18.0. The van der Waals surface area contributed by atoms with Crippen molar-refractivity contribution in [1.29, 1.82) is 0 Å². The van der Waals surface area contributed by atoms with Gasteiger partial charge in [-0.3, -0.25) is 4.79 Å². The molecule has 0 aromatic heterocycles. The molecule has 0 bridgehead atoms. The molecule has 1 aromatic carbocycles. The molecule has 1 fully saturated rings. The van der Waals surface area contributed by atoms with Gasteiger partial charge in [0.05, 0.1) is 5.41 Å². The van der Waals surface area contributed by atoms with E-state index >= 15 is 0 Å². The van der Waals surface area contributed by atoms with E-state index in [0.717, 1.165) is 12.8 Å². The van der Waals surface area contributed by atoms with E-state index in [1.54, 1.807) is 18.2 Å². The Hall–Kier alpha value is -1.30. The molecule has 23 heavy (non-hydrogen) atoms. The van der Waals surface area contributed by atoms with Crippen molar-refractivity contribution in [3.63, 3.8) is 0 Å². The van der Waals surface area contributed by atoms with Gasteiger partial charge in [-0.25, -0.2) is 4.79 Å². The largest absolute Gasteiger partial charge is 0.480 e. The van der Waals surface area contributed by atoms with Gasteiger partial charge >= 0.3 is 5.97 Å². The third-order valence-electron chi connectivity index (χ3n) is 4.36. The molecule has 0 aliphatic heterocycles. The number of carbonyl (C=O) groups excluding carboxylic acids is 1. The summed E-state index contributed by atoms with van der Waals surface area (Å²) in [5.74, 6) is -1.53. The highest BCUT2D eigenvalue weighted by Crippen LogP contribution is 2.44. The van der Waals surface area contributed by atoms with Gasteiger partial charge in [0.25, 0.3) is 0 Å². The Morgan fingerprint density at radius 2 is 1.91 bits per heavy atom. The number of benzene rings is 1. The molecule has 1 aliphatic rings. The second-order valence-corrected chi connectivity index (χ2v) is 6.63. The number of aliphatic carboxylic acids is 1. The van der Waals surface area contributed by atoms with Gasteiger partial charge in [0.1, 0.15) is 6.04 Å². The predicted octanol–water partition coefficient (Wildman–Crippen LogP) is 2.76. The third kappa shape index (κ3) is 3.79. The molecular weight excluding hydrogens is 341 g/mol. The van der Waals surface area contributed by atoms with Crippen molar-refractivity contribution in [2.75, 3.05) is 6.61 Å². The van der Waals surface area contributed by atoms with Crippen LogP contribution >= 0.6 is 23.2 Å². The third-order valence-corrected chi connectivity index (χ3v) is 4.91. The first-order valence-electron chi connectivity index (χ1n) is 7.51. The van der Waals surface area contributed by atoms with Crippen molar-refractivity contribution in [3.8, 4) is 0 Å². The van der Waals surface area contributed by atoms with Crippen LogP contribution in [0.5, 0.6) is 0 Å². The summed E-state index contributed by atoms with van der Waals surface area (Å²) in [7, 11) is 0. The van der Waals surface area contributed by atoms with Crippen LogP contribution in [0.25, 0.3) is 0 Å². The van der Waals surface area contributed by atoms with Gasteiger partial charge in [0.15, 0.2) is 0 Å². The van der Waals surface area contributed by atoms with Crippen LogP contribution in [0.1, 0.15) is 37.7 Å². The molecule has 5 nitrogen and oxygen atoms in total. The summed E-state index contributed by atoms with van der Waals surface area (Å²) >= 11 is 12.2. The summed E-state index contributed by atoms with van der Waals surface area (Å²) in [6.45, 7) is -0.314. The molecule has 3 N–H and O–H groups in total. The lowest BCUT2D eigenvalue weighted by atomic mass is 9.77. The van der Waals surface area contributed by atoms with Gasteiger partial charge in [0, 0.05) is 23.1 Å². The summed E-state index contributed by atoms with van der Waals surface area (Å²) in [5, 5.41) is 21.6. The van der Waals surface area contributed by atoms with Crippen LogP contribution in [0.4, 0.5) is 0 Å². The van der Waals surface area contributed by atoms with Crippen molar-refractivity contribution >= 4 is 35.1 Å². The molecule has 126 valence electrons. The van der Waals surface area contributed by atoms with E-state index in [2.05, 4.69) is 5.32 Å². The molecule has 2 rings (SSSR count). The maximum Gasteiger partial charge on any atom is 0.326 e. The number of nitrogens with one attached hydrogen (secondary N) is 1. The number of carboxylic acid groups (broad SMARTS) is 1. The van der Waals surface area contributed by atoms with Crippen molar-refractivity contribution in [2.45, 2.75) is 43.6 Å². The summed E-state index contributed by atoms with van der Waals surface area (Å²) in [4.78, 5) is 24.1. The highest BCUT2D eigenvalue weighted by molar-refractivity contribution is 6.35. The molecular formula is C16H19Cl2NO4. The highest BCUT2D eigenvalue weighted by Gasteiger charge is 2.45. The van der Waals surface area contributed by atoms with E-state index in [0.29, 0.717) is 28.5 Å². The first-order valence-corrected chi connectivity index (χ1v) is 8.26. The molecule has 1 atom stereocenters. The number of rotatable bonds is 6. The number of halogens is 2. The number of aliphatic hydroxyl groups excluding tert-OH is 1. The van der Waals surface area contributed by atoms with E-state index in [1.165, 1.54) is 0 Å². The maximum atomic E-state index is 12.8. The summed E-state index contributed by atoms with van der Waals surface area (Å²) in [5.41, 5.74) is -0.170. The van der Waals surface area contributed by atoms with Gasteiger partial charge in [-0.15, -0.1) is 0 Å². The topological polar surface area (TPSA) is 86.6 Å². The quantitative estimate of drug-likeness (QED) is 0.728. The average molecular weight is 360 g/mol. The molecule has 1 aliphatic carbocycles. The zero-order valence-corrected chi connectivity index (χ0v) is 14.0. The molecule has 0 heterocycles. The highest BCUT2D eigenvalue weighted by atomic mass is 35.5. The van der Waals surface area contributed by atoms with E-state index in [1.807, 2.05) is 0 Å². The lowest BCUT2D eigenvalue weighted by molar-refractivity contribution is -0.143. The van der Waals surface area contributed by atoms with Crippen molar-refractivity contribution in [3.05, 3.63) is 33.8 Å². The fourth-order valence-electron chi connectivity index (χ4n) is 3.16. The molecule has 0 spiro atoms. The minimum absolute atomic E-state index is 0.0362. The van der Waals surface area contributed by atoms with Gasteiger partial charge in [0.2, 0.25) is 5.91 Å². The molecule has 1 aromatic rings. The maximum absolute atomic E-state index is 12.8. The van der Waals surface area contributed by atoms with Crippen LogP contribution in [0, 0.1) is 0 Å². The van der Waals surface area contributed by atoms with E-state index in [9.17, 15) is 14.7 Å². The molecule has 0 unspecified atom stereocenters. The molecule has 0 radical (unpaired) electrons. The number of carbonyl (C=O) groups is 2. The van der Waals surface area contributed by atoms with Crippen LogP contribution in [0.2, 0.25) is 10.0 Å². The number of hydrogen-bond acceptors (Lipinski definition) is 3. The second-order valence-electron chi connectivity index (χ2n) is 5.79. The van der Waals surface area contributed by atoms with Crippen LogP contribution in [-0.2, 0) is 15.0 Å². The van der Waals surface area contributed by atoms with Crippen LogP contribution in [-0.4, -0.2) is 34.7 Å². The fraction of sp³-hybridized carbons (Fsp3) is 0.500. The monoisotopic (exact) mass is 359 g/mol. The fourth-order valence-corrected chi connectivity index (χ4v) is 3.75. The van der Waals surface area contributed by atoms with Gasteiger partial charge in [-0.05, 0) is 30.5 Å². The number of aliphatic hydroxyl groups is 1. The Labute approximate surface area is 144 Å². The average Bonchev–Trinajstić information content (AvgIpc) is 2.97. The zero-order chi connectivity index (χ0) is 17.0. The van der Waals surface area contributed by atoms with Gasteiger partial charge in [-0.1, -0.05) is 42.1 Å². The predicted molar refractivity (Wildman–Crippen MR) is 87.9 cm³/mol. The summed E-state index contributed by atoms with van der Waals surface area (Å²) in [6, 6.07) is 3.89. The normalized spacial score (nSPS) is 17.7. The van der Waals surface area contributed by atoms with E-state index < -0.39 is 17.4 Å². The van der Waals surface area contributed by atoms with Crippen molar-refractivity contribution < 1.29 is 19.8 Å². The summed E-state index contributed by atoms with van der Waals surface area (Å²) < 4.78 is 0. The van der Waals surface area contributed by atoms with E-state index in [-0.39, 0.29) is 18.9 Å². The standard InChI is InChI=1S/C16H19Cl2NO4/c17-10-3-4-11(12(18)9-10)16(6-1-2-7-16)15(23)19-13(5-8-20)14(21)22/h3-4,9,13,20H,1-2,5-8H2,(H,19,23)(H,21,22)/t13-/m0/s1. The Balaban J connectivity index is 2.33. The zero-order valence-electron chi connectivity index (χ0n) is 12.5. The molecule has 1 amide bonds. The Morgan fingerprint density at radius 3 is 2.43 bits per heavy atom. The number of hydrogen-bond donors (Lipinski definition) is 3. The minimum atomic E-state index is -1.16. The van der Waals surface area contributed by atoms with E-state index in [4.69, 9.17) is 28.3 Å². The van der Waals surface area contributed by atoms with Crippen molar-refractivity contribution in [1.82, 2.24) is 5.32 Å². The van der Waals surface area contributed by atoms with Gasteiger partial charge < -0.3 is 15.5 Å². The SMILES string of the molecule is O=C(O)[C@H](CCO)NC(=O)C1(c2ccc(Cl)cc2Cl)CCCC1. The number of carboxylic acids is 1. The second kappa shape index (κ2) is 7.51. The van der Waals surface area contributed by atoms with Crippen LogP contribution in [0.3, 0.4) is 0 Å². The molecule has 1 saturated carbocycles. The Kier molecular flexibility index (Phi) is 5.89. The number of amides is 1. The van der Waals surface area contributed by atoms with Crippen LogP contribution in [0.15, 0.2) is 18.2 Å². The molecule has 0 saturated heterocycles. The lowest BCUT2D eigenvalue weighted by Crippen LogP contribution is -2.50. The Morgan fingerprint density at radius 1 is 1.26 bits per heavy atom. The molecule has 7 heteroatoms. The van der Waals surface area contributed by atoms with Crippen molar-refractivity contribution in [2.24, 2.45) is 0 Å². The Bertz CT molecular complexity index is 600. The lowest BCUT2D eigenvalue weighted by Gasteiger charge is -2.30. The summed E-state index contributed by atoms with van der Waals surface area (Å²) in [6.07, 6.45) is 2.90. The minimum Gasteiger partial charge on any atom is -0.480 e. The first-order chi connectivity index (χ1) is 10.9. The van der Waals surface area contributed by atoms with Crippen LogP contribution < -0.4 is 5.32 Å². The van der Waals surface area contributed by atoms with Gasteiger partial charge in [-0.2, -0.15) is 0 Å². The smallest absolute Gasteiger partial charge is 0.326 e.